The van der Waals surface area contributed by atoms with Gasteiger partial charge in [-0.25, -0.2) is 4.39 Å². The van der Waals surface area contributed by atoms with Crippen molar-refractivity contribution in [2.75, 3.05) is 5.32 Å². The van der Waals surface area contributed by atoms with Crippen molar-refractivity contribution in [3.63, 3.8) is 0 Å². The monoisotopic (exact) mass is 265 g/mol. The van der Waals surface area contributed by atoms with Crippen LogP contribution >= 0.6 is 0 Å². The van der Waals surface area contributed by atoms with Crippen molar-refractivity contribution in [1.29, 1.82) is 0 Å². The maximum absolute atomic E-state index is 12.5. The Morgan fingerprint density at radius 2 is 1.83 bits per heavy atom. The van der Waals surface area contributed by atoms with Gasteiger partial charge in [0.05, 0.1) is 0 Å². The molecule has 1 amide bonds. The summed E-state index contributed by atoms with van der Waals surface area (Å²) in [5.74, 6) is -1.16. The molecule has 0 radical (unpaired) electrons. The molecular formula is C11H11F4NO2. The lowest BCUT2D eigenvalue weighted by Gasteiger charge is -2.13. The lowest BCUT2D eigenvalue weighted by Crippen LogP contribution is -2.29. The van der Waals surface area contributed by atoms with Crippen molar-refractivity contribution in [1.82, 2.24) is 0 Å². The Morgan fingerprint density at radius 1 is 1.28 bits per heavy atom. The minimum Gasteiger partial charge on any atom is -0.384 e. The number of amides is 1. The molecule has 1 atom stereocenters. The van der Waals surface area contributed by atoms with Crippen molar-refractivity contribution >= 4 is 11.6 Å². The van der Waals surface area contributed by atoms with Crippen molar-refractivity contribution in [2.45, 2.75) is 25.1 Å². The first-order chi connectivity index (χ1) is 8.29. The first-order valence-electron chi connectivity index (χ1n) is 5.09. The number of halogens is 4. The highest BCUT2D eigenvalue weighted by Crippen LogP contribution is 2.23. The van der Waals surface area contributed by atoms with Crippen molar-refractivity contribution in [3.05, 3.63) is 30.1 Å². The summed E-state index contributed by atoms with van der Waals surface area (Å²) < 4.78 is 48.4. The molecule has 7 heteroatoms. The summed E-state index contributed by atoms with van der Waals surface area (Å²) in [6.45, 7) is 0. The van der Waals surface area contributed by atoms with Gasteiger partial charge in [-0.15, -0.1) is 0 Å². The van der Waals surface area contributed by atoms with Gasteiger partial charge in [-0.05, 0) is 30.7 Å². The molecule has 0 spiro atoms. The van der Waals surface area contributed by atoms with E-state index in [9.17, 15) is 22.4 Å². The number of aliphatic hydroxyl groups excluding tert-OH is 1. The van der Waals surface area contributed by atoms with Gasteiger partial charge >= 0.3 is 6.18 Å². The molecule has 0 saturated heterocycles. The van der Waals surface area contributed by atoms with E-state index in [-0.39, 0.29) is 5.69 Å². The minimum absolute atomic E-state index is 0.280. The number of carbonyl (C=O) groups excluding carboxylic acids is 1. The highest BCUT2D eigenvalue weighted by Gasteiger charge is 2.37. The molecule has 1 unspecified atom stereocenters. The van der Waals surface area contributed by atoms with Gasteiger partial charge in [0, 0.05) is 12.1 Å². The molecule has 1 rings (SSSR count). The Balaban J connectivity index is 2.41. The van der Waals surface area contributed by atoms with Gasteiger partial charge in [-0.3, -0.25) is 4.79 Å². The molecule has 1 aromatic carbocycles. The van der Waals surface area contributed by atoms with Crippen LogP contribution in [0.4, 0.5) is 23.2 Å². The average molecular weight is 265 g/mol. The first kappa shape index (κ1) is 14.4. The maximum Gasteiger partial charge on any atom is 0.414 e. The van der Waals surface area contributed by atoms with Crippen LogP contribution < -0.4 is 5.32 Å². The molecular weight excluding hydrogens is 254 g/mol. The van der Waals surface area contributed by atoms with E-state index in [0.717, 1.165) is 12.1 Å². The summed E-state index contributed by atoms with van der Waals surface area (Å²) in [4.78, 5) is 11.2. The highest BCUT2D eigenvalue weighted by atomic mass is 19.4. The fourth-order valence-corrected chi connectivity index (χ4v) is 1.19. The van der Waals surface area contributed by atoms with Crippen LogP contribution in [0, 0.1) is 5.82 Å². The third kappa shape index (κ3) is 4.70. The van der Waals surface area contributed by atoms with Crippen LogP contribution in [0.5, 0.6) is 0 Å². The van der Waals surface area contributed by atoms with Crippen LogP contribution in [-0.2, 0) is 4.79 Å². The van der Waals surface area contributed by atoms with Crippen molar-refractivity contribution < 1.29 is 27.5 Å². The zero-order valence-electron chi connectivity index (χ0n) is 9.17. The number of benzene rings is 1. The molecule has 0 aliphatic carbocycles. The molecule has 0 bridgehead atoms. The minimum atomic E-state index is -4.73. The van der Waals surface area contributed by atoms with E-state index in [1.165, 1.54) is 12.1 Å². The van der Waals surface area contributed by atoms with Gasteiger partial charge in [-0.1, -0.05) is 0 Å². The normalized spacial score (nSPS) is 13.2. The molecule has 100 valence electrons. The molecule has 0 saturated carbocycles. The fourth-order valence-electron chi connectivity index (χ4n) is 1.19. The van der Waals surface area contributed by atoms with E-state index in [1.807, 2.05) is 0 Å². The lowest BCUT2D eigenvalue weighted by molar-refractivity contribution is -0.205. The zero-order valence-corrected chi connectivity index (χ0v) is 9.17. The summed E-state index contributed by atoms with van der Waals surface area (Å²) in [5.41, 5.74) is 0.280. The molecule has 0 aliphatic rings. The average Bonchev–Trinajstić information content (AvgIpc) is 2.28. The number of nitrogens with one attached hydrogen (secondary N) is 1. The number of alkyl halides is 3. The number of hydrogen-bond acceptors (Lipinski definition) is 2. The Bertz CT molecular complexity index is 402. The Labute approximate surface area is 100 Å². The number of hydrogen-bond donors (Lipinski definition) is 2. The number of carbonyl (C=O) groups is 1. The smallest absolute Gasteiger partial charge is 0.384 e. The quantitative estimate of drug-likeness (QED) is 0.822. The topological polar surface area (TPSA) is 49.3 Å². The summed E-state index contributed by atoms with van der Waals surface area (Å²) in [6.07, 6.45) is -8.43. The second-order valence-corrected chi connectivity index (χ2v) is 3.65. The van der Waals surface area contributed by atoms with Gasteiger partial charge in [-0.2, -0.15) is 13.2 Å². The Kier molecular flexibility index (Phi) is 4.66. The lowest BCUT2D eigenvalue weighted by atomic mass is 10.2. The van der Waals surface area contributed by atoms with Gasteiger partial charge in [0.25, 0.3) is 0 Å². The van der Waals surface area contributed by atoms with Crippen LogP contribution in [-0.4, -0.2) is 23.3 Å². The molecule has 0 fully saturated rings. The Hall–Kier alpha value is -1.63. The van der Waals surface area contributed by atoms with Gasteiger partial charge in [0.1, 0.15) is 11.9 Å². The van der Waals surface area contributed by atoms with E-state index in [2.05, 4.69) is 5.32 Å². The standard InChI is InChI=1S/C11H11F4NO2/c12-7-1-3-8(4-2-7)16-10(18)6-5-9(17)11(13,14)15/h1-4,9,17H,5-6H2,(H,16,18). The summed E-state index contributed by atoms with van der Waals surface area (Å²) in [7, 11) is 0. The third-order valence-corrected chi connectivity index (χ3v) is 2.15. The number of anilines is 1. The maximum atomic E-state index is 12.5. The van der Waals surface area contributed by atoms with E-state index < -0.39 is 36.8 Å². The molecule has 2 N–H and O–H groups in total. The van der Waals surface area contributed by atoms with E-state index in [4.69, 9.17) is 5.11 Å². The summed E-state index contributed by atoms with van der Waals surface area (Å²) in [6, 6.07) is 4.79. The fraction of sp³-hybridized carbons (Fsp3) is 0.364. The van der Waals surface area contributed by atoms with Crippen LogP contribution in [0.1, 0.15) is 12.8 Å². The van der Waals surface area contributed by atoms with Gasteiger partial charge < -0.3 is 10.4 Å². The molecule has 0 heterocycles. The summed E-state index contributed by atoms with van der Waals surface area (Å²) >= 11 is 0. The third-order valence-electron chi connectivity index (χ3n) is 2.15. The van der Waals surface area contributed by atoms with Crippen molar-refractivity contribution in [2.24, 2.45) is 0 Å². The Morgan fingerprint density at radius 3 is 2.33 bits per heavy atom. The van der Waals surface area contributed by atoms with Crippen LogP contribution in [0.3, 0.4) is 0 Å². The van der Waals surface area contributed by atoms with Crippen LogP contribution in [0.2, 0.25) is 0 Å². The van der Waals surface area contributed by atoms with Crippen molar-refractivity contribution in [3.8, 4) is 0 Å². The number of rotatable bonds is 4. The number of aliphatic hydroxyl groups is 1. The van der Waals surface area contributed by atoms with Crippen LogP contribution in [0.15, 0.2) is 24.3 Å². The largest absolute Gasteiger partial charge is 0.414 e. The second-order valence-electron chi connectivity index (χ2n) is 3.65. The predicted molar refractivity (Wildman–Crippen MR) is 56.3 cm³/mol. The molecule has 3 nitrogen and oxygen atoms in total. The zero-order chi connectivity index (χ0) is 13.8. The predicted octanol–water partition coefficient (Wildman–Crippen LogP) is 2.47. The second kappa shape index (κ2) is 5.81. The summed E-state index contributed by atoms with van der Waals surface area (Å²) in [5, 5.41) is 11.0. The van der Waals surface area contributed by atoms with Gasteiger partial charge in [0.15, 0.2) is 0 Å². The SMILES string of the molecule is O=C(CCC(O)C(F)(F)F)Nc1ccc(F)cc1. The van der Waals surface area contributed by atoms with E-state index in [0.29, 0.717) is 0 Å². The highest BCUT2D eigenvalue weighted by molar-refractivity contribution is 5.90. The molecule has 1 aromatic rings. The van der Waals surface area contributed by atoms with Crippen LogP contribution in [0.25, 0.3) is 0 Å². The molecule has 18 heavy (non-hydrogen) atoms. The van der Waals surface area contributed by atoms with Gasteiger partial charge in [0.2, 0.25) is 5.91 Å². The van der Waals surface area contributed by atoms with E-state index in [1.54, 1.807) is 0 Å². The first-order valence-corrected chi connectivity index (χ1v) is 5.09. The van der Waals surface area contributed by atoms with E-state index >= 15 is 0 Å². The molecule has 0 aliphatic heterocycles. The molecule has 0 aromatic heterocycles.